The van der Waals surface area contributed by atoms with Gasteiger partial charge in [-0.1, -0.05) is 38.1 Å². The molecule has 2 amide bonds. The summed E-state index contributed by atoms with van der Waals surface area (Å²) in [5.74, 6) is -0.0672. The number of nitriles is 1. The van der Waals surface area contributed by atoms with Gasteiger partial charge in [0.1, 0.15) is 6.04 Å². The van der Waals surface area contributed by atoms with Gasteiger partial charge in [-0.3, -0.25) is 9.59 Å². The number of benzene rings is 1. The standard InChI is InChI=1S/C20H26N4O2/c1-20(2,18(22)19(26)24-9-5-8-16(24)11-21)10-17(25)23-12-14-6-3-4-7-15(14)13-23/h3-4,6-7,16,18H,5,8-10,12-13,22H2,1-2H3/p+1/t16-,18+/m0/s1. The molecule has 0 unspecified atom stereocenters. The second kappa shape index (κ2) is 7.08. The number of rotatable bonds is 4. The summed E-state index contributed by atoms with van der Waals surface area (Å²) in [6.45, 7) is 5.70. The fourth-order valence-corrected chi connectivity index (χ4v) is 3.83. The molecule has 0 bridgehead atoms. The van der Waals surface area contributed by atoms with Crippen LogP contribution in [0.15, 0.2) is 24.3 Å². The number of hydrogen-bond acceptors (Lipinski definition) is 3. The minimum atomic E-state index is -0.564. The summed E-state index contributed by atoms with van der Waals surface area (Å²) in [5, 5.41) is 9.22. The zero-order valence-corrected chi connectivity index (χ0v) is 15.6. The molecule has 138 valence electrons. The van der Waals surface area contributed by atoms with Crippen molar-refractivity contribution >= 4 is 11.8 Å². The van der Waals surface area contributed by atoms with E-state index in [1.165, 1.54) is 11.1 Å². The van der Waals surface area contributed by atoms with Gasteiger partial charge in [0.25, 0.3) is 5.91 Å². The molecule has 0 spiro atoms. The molecule has 0 radical (unpaired) electrons. The highest BCUT2D eigenvalue weighted by Gasteiger charge is 2.43. The zero-order chi connectivity index (χ0) is 18.9. The predicted molar refractivity (Wildman–Crippen MR) is 96.1 cm³/mol. The van der Waals surface area contributed by atoms with Crippen molar-refractivity contribution < 1.29 is 15.3 Å². The molecule has 0 aliphatic carbocycles. The number of carbonyl (C=O) groups excluding carboxylic acids is 2. The number of quaternary nitrogens is 1. The molecule has 1 fully saturated rings. The van der Waals surface area contributed by atoms with E-state index in [4.69, 9.17) is 0 Å². The molecule has 1 aromatic rings. The summed E-state index contributed by atoms with van der Waals surface area (Å²) in [7, 11) is 0. The molecule has 2 aliphatic rings. The maximum atomic E-state index is 12.8. The van der Waals surface area contributed by atoms with Gasteiger partial charge in [0, 0.05) is 31.5 Å². The maximum absolute atomic E-state index is 12.8. The lowest BCUT2D eigenvalue weighted by Crippen LogP contribution is -2.74. The maximum Gasteiger partial charge on any atom is 0.282 e. The van der Waals surface area contributed by atoms with E-state index in [2.05, 4.69) is 23.9 Å². The van der Waals surface area contributed by atoms with Crippen LogP contribution in [0.1, 0.15) is 44.2 Å². The number of amides is 2. The predicted octanol–water partition coefficient (Wildman–Crippen LogP) is 1.07. The van der Waals surface area contributed by atoms with Gasteiger partial charge in [0.05, 0.1) is 6.07 Å². The van der Waals surface area contributed by atoms with Crippen molar-refractivity contribution in [3.8, 4) is 6.07 Å². The molecule has 1 saturated heterocycles. The second-order valence-electron chi connectivity index (χ2n) is 8.06. The van der Waals surface area contributed by atoms with Crippen molar-refractivity contribution in [1.82, 2.24) is 9.80 Å². The van der Waals surface area contributed by atoms with Gasteiger partial charge in [-0.15, -0.1) is 0 Å². The first-order valence-corrected chi connectivity index (χ1v) is 9.21. The molecular formula is C20H27N4O2+. The van der Waals surface area contributed by atoms with E-state index < -0.39 is 11.5 Å². The Kier molecular flexibility index (Phi) is 5.01. The van der Waals surface area contributed by atoms with Gasteiger partial charge >= 0.3 is 0 Å². The smallest absolute Gasteiger partial charge is 0.282 e. The van der Waals surface area contributed by atoms with E-state index in [-0.39, 0.29) is 24.3 Å². The Morgan fingerprint density at radius 3 is 2.50 bits per heavy atom. The minimum Gasteiger partial charge on any atom is -0.347 e. The first-order chi connectivity index (χ1) is 12.3. The fraction of sp³-hybridized carbons (Fsp3) is 0.550. The van der Waals surface area contributed by atoms with Crippen molar-refractivity contribution in [2.24, 2.45) is 5.41 Å². The molecular weight excluding hydrogens is 328 g/mol. The summed E-state index contributed by atoms with van der Waals surface area (Å²) >= 11 is 0. The minimum absolute atomic E-state index is 0.0471. The molecule has 3 rings (SSSR count). The second-order valence-corrected chi connectivity index (χ2v) is 8.06. The molecule has 3 N–H and O–H groups in total. The Hall–Kier alpha value is -2.39. The van der Waals surface area contributed by atoms with Crippen LogP contribution in [0.5, 0.6) is 0 Å². The van der Waals surface area contributed by atoms with E-state index in [1.807, 2.05) is 30.9 Å². The van der Waals surface area contributed by atoms with Crippen LogP contribution >= 0.6 is 0 Å². The summed E-state index contributed by atoms with van der Waals surface area (Å²) in [6.07, 6.45) is 1.84. The highest BCUT2D eigenvalue weighted by molar-refractivity contribution is 5.84. The quantitative estimate of drug-likeness (QED) is 0.876. The third-order valence-corrected chi connectivity index (χ3v) is 5.73. The highest BCUT2D eigenvalue weighted by Crippen LogP contribution is 2.30. The zero-order valence-electron chi connectivity index (χ0n) is 15.6. The molecule has 6 nitrogen and oxygen atoms in total. The van der Waals surface area contributed by atoms with Gasteiger partial charge < -0.3 is 15.5 Å². The Bertz CT molecular complexity index is 727. The van der Waals surface area contributed by atoms with Crippen LogP contribution in [0.4, 0.5) is 0 Å². The van der Waals surface area contributed by atoms with Crippen molar-refractivity contribution in [2.45, 2.75) is 58.3 Å². The first-order valence-electron chi connectivity index (χ1n) is 9.21. The lowest BCUT2D eigenvalue weighted by atomic mass is 9.80. The average molecular weight is 355 g/mol. The van der Waals surface area contributed by atoms with Crippen molar-refractivity contribution in [1.29, 1.82) is 5.26 Å². The number of likely N-dealkylation sites (tertiary alicyclic amines) is 1. The fourth-order valence-electron chi connectivity index (χ4n) is 3.83. The molecule has 0 saturated carbocycles. The first kappa shape index (κ1) is 18.4. The molecule has 1 aromatic carbocycles. The number of carbonyl (C=O) groups is 2. The van der Waals surface area contributed by atoms with Crippen LogP contribution in [0.3, 0.4) is 0 Å². The normalized spacial score (nSPS) is 20.6. The van der Waals surface area contributed by atoms with E-state index >= 15 is 0 Å². The van der Waals surface area contributed by atoms with Crippen LogP contribution < -0.4 is 5.73 Å². The Morgan fingerprint density at radius 2 is 1.92 bits per heavy atom. The van der Waals surface area contributed by atoms with E-state index in [9.17, 15) is 14.9 Å². The molecule has 26 heavy (non-hydrogen) atoms. The largest absolute Gasteiger partial charge is 0.347 e. The molecule has 0 aromatic heterocycles. The Morgan fingerprint density at radius 1 is 1.31 bits per heavy atom. The SMILES string of the molecule is CC(C)(CC(=O)N1Cc2ccccc2C1)[C@H]([NH3+])C(=O)N1CCC[C@H]1C#N. The van der Waals surface area contributed by atoms with Crippen LogP contribution in [0.25, 0.3) is 0 Å². The van der Waals surface area contributed by atoms with Gasteiger partial charge in [0.2, 0.25) is 5.91 Å². The van der Waals surface area contributed by atoms with Crippen molar-refractivity contribution in [3.05, 3.63) is 35.4 Å². The van der Waals surface area contributed by atoms with Crippen molar-refractivity contribution in [3.63, 3.8) is 0 Å². The van der Waals surface area contributed by atoms with Crippen LogP contribution in [-0.4, -0.2) is 40.2 Å². The summed E-state index contributed by atoms with van der Waals surface area (Å²) in [5.41, 5.74) is 5.89. The highest BCUT2D eigenvalue weighted by atomic mass is 16.2. The van der Waals surface area contributed by atoms with Crippen LogP contribution in [0, 0.1) is 16.7 Å². The topological polar surface area (TPSA) is 92.1 Å². The number of hydrogen-bond donors (Lipinski definition) is 1. The Labute approximate surface area is 154 Å². The van der Waals surface area contributed by atoms with Crippen LogP contribution in [-0.2, 0) is 22.7 Å². The van der Waals surface area contributed by atoms with Gasteiger partial charge in [-0.25, -0.2) is 0 Å². The van der Waals surface area contributed by atoms with E-state index in [0.29, 0.717) is 19.6 Å². The van der Waals surface area contributed by atoms with E-state index in [1.54, 1.807) is 4.90 Å². The summed E-state index contributed by atoms with van der Waals surface area (Å²) in [6, 6.07) is 9.38. The van der Waals surface area contributed by atoms with Gasteiger partial charge in [0.15, 0.2) is 6.04 Å². The Balaban J connectivity index is 1.64. The van der Waals surface area contributed by atoms with Gasteiger partial charge in [-0.2, -0.15) is 5.26 Å². The summed E-state index contributed by atoms with van der Waals surface area (Å²) < 4.78 is 0. The third-order valence-electron chi connectivity index (χ3n) is 5.73. The average Bonchev–Trinajstić information content (AvgIpc) is 3.26. The molecule has 2 atom stereocenters. The van der Waals surface area contributed by atoms with Crippen molar-refractivity contribution in [2.75, 3.05) is 6.54 Å². The number of fused-ring (bicyclic) bond motifs is 1. The number of nitrogens with zero attached hydrogens (tertiary/aromatic N) is 3. The third kappa shape index (κ3) is 3.45. The lowest BCUT2D eigenvalue weighted by Gasteiger charge is -2.32. The molecule has 2 aliphatic heterocycles. The lowest BCUT2D eigenvalue weighted by molar-refractivity contribution is -0.429. The monoisotopic (exact) mass is 355 g/mol. The molecule has 6 heteroatoms. The van der Waals surface area contributed by atoms with E-state index in [0.717, 1.165) is 12.8 Å². The van der Waals surface area contributed by atoms with Gasteiger partial charge in [-0.05, 0) is 24.0 Å². The summed E-state index contributed by atoms with van der Waals surface area (Å²) in [4.78, 5) is 29.1. The van der Waals surface area contributed by atoms with Crippen LogP contribution in [0.2, 0.25) is 0 Å². The molecule has 2 heterocycles.